The van der Waals surface area contributed by atoms with Crippen molar-refractivity contribution in [1.82, 2.24) is 0 Å². The molecule has 0 aliphatic rings. The number of hydrogen-bond donors (Lipinski definition) is 0. The molecule has 0 saturated heterocycles. The van der Waals surface area contributed by atoms with Gasteiger partial charge in [-0.25, -0.2) is 39.5 Å². The zero-order valence-corrected chi connectivity index (χ0v) is 25.5. The van der Waals surface area contributed by atoms with Gasteiger partial charge in [-0.05, 0) is 55.4 Å². The molecule has 0 nitrogen and oxygen atoms in total. The summed E-state index contributed by atoms with van der Waals surface area (Å²) >= 11 is 0. The summed E-state index contributed by atoms with van der Waals surface area (Å²) < 4.78 is 239. The van der Waals surface area contributed by atoms with Crippen LogP contribution in [0.15, 0.2) is 0 Å². The van der Waals surface area contributed by atoms with Crippen LogP contribution in [0.25, 0.3) is 0 Å². The molecule has 276 valence electrons. The SMILES string of the molecule is CC(C)(C(F)(F)F)C(F)(F)F.CC(C)(F)C(F)(F)F.CC(C)(F)F.CC(C)(F)F.CC(C)C(F)(F)F.CC(F)(F)C(C)(F)F. The van der Waals surface area contributed by atoms with Crippen LogP contribution in [-0.4, -0.2) is 54.1 Å². The van der Waals surface area contributed by atoms with E-state index in [0.29, 0.717) is 13.8 Å². The van der Waals surface area contributed by atoms with Crippen molar-refractivity contribution in [2.24, 2.45) is 11.3 Å². The smallest absolute Gasteiger partial charge is 0.234 e. The highest BCUT2D eigenvalue weighted by Gasteiger charge is 2.64. The highest BCUT2D eigenvalue weighted by molar-refractivity contribution is 4.84. The molecule has 0 rings (SSSR count). The molecule has 0 saturated carbocycles. The van der Waals surface area contributed by atoms with Gasteiger partial charge in [0.15, 0.2) is 11.1 Å². The lowest BCUT2D eigenvalue weighted by atomic mass is 9.92. The third-order valence-corrected chi connectivity index (χ3v) is 3.52. The quantitative estimate of drug-likeness (QED) is 0.238. The van der Waals surface area contributed by atoms with Crippen LogP contribution in [0.2, 0.25) is 0 Å². The predicted molar refractivity (Wildman–Crippen MR) is 122 cm³/mol. The summed E-state index contributed by atoms with van der Waals surface area (Å²) in [5.74, 6) is -14.0. The Morgan fingerprint density at radius 3 is 0.432 bits per heavy atom. The minimum atomic E-state index is -5.24. The Kier molecular flexibility index (Phi) is 22.5. The highest BCUT2D eigenvalue weighted by atomic mass is 19.4. The molecule has 21 heteroatoms. The van der Waals surface area contributed by atoms with Gasteiger partial charge in [-0.2, -0.15) is 52.7 Å². The van der Waals surface area contributed by atoms with Crippen molar-refractivity contribution >= 4 is 0 Å². The zero-order valence-electron chi connectivity index (χ0n) is 25.5. The van der Waals surface area contributed by atoms with Gasteiger partial charge < -0.3 is 0 Å². The summed E-state index contributed by atoms with van der Waals surface area (Å²) in [6, 6.07) is 0. The fraction of sp³-hybridized carbons (Fsp3) is 1.00. The van der Waals surface area contributed by atoms with Crippen LogP contribution in [-0.2, 0) is 0 Å². The van der Waals surface area contributed by atoms with Crippen LogP contribution in [0, 0.1) is 11.3 Å². The maximum atomic E-state index is 11.8. The first-order chi connectivity index (χ1) is 17.9. The molecule has 0 bridgehead atoms. The van der Waals surface area contributed by atoms with Gasteiger partial charge in [0.25, 0.3) is 0 Å². The van der Waals surface area contributed by atoms with E-state index < -0.39 is 65.4 Å². The first-order valence-corrected chi connectivity index (χ1v) is 11.4. The Morgan fingerprint density at radius 1 is 0.318 bits per heavy atom. The second kappa shape index (κ2) is 18.0. The van der Waals surface area contributed by atoms with E-state index in [1.807, 2.05) is 0 Å². The van der Waals surface area contributed by atoms with Gasteiger partial charge >= 0.3 is 36.6 Å². The lowest BCUT2D eigenvalue weighted by Gasteiger charge is -2.29. The van der Waals surface area contributed by atoms with E-state index in [-0.39, 0.29) is 27.7 Å². The summed E-state index contributed by atoms with van der Waals surface area (Å²) in [7, 11) is 0. The molecule has 0 heterocycles. The van der Waals surface area contributed by atoms with Crippen molar-refractivity contribution < 1.29 is 92.2 Å². The minimum absolute atomic E-state index is 0.104. The van der Waals surface area contributed by atoms with Gasteiger partial charge in [0, 0.05) is 19.8 Å². The topological polar surface area (TPSA) is 0 Å². The molecule has 0 atom stereocenters. The lowest BCUT2D eigenvalue weighted by Crippen LogP contribution is -2.44. The Hall–Kier alpha value is -1.47. The summed E-state index contributed by atoms with van der Waals surface area (Å²) in [6.07, 6.45) is -19.2. The number of halogens is 21. The first-order valence-electron chi connectivity index (χ1n) is 11.4. The van der Waals surface area contributed by atoms with Crippen molar-refractivity contribution in [3.05, 3.63) is 0 Å². The van der Waals surface area contributed by atoms with E-state index in [1.165, 1.54) is 0 Å². The lowest BCUT2D eigenvalue weighted by molar-refractivity contribution is -0.327. The van der Waals surface area contributed by atoms with Crippen molar-refractivity contribution in [2.75, 3.05) is 0 Å². The molecule has 0 unspecified atom stereocenters. The molecule has 0 fully saturated rings. The van der Waals surface area contributed by atoms with Gasteiger partial charge in [0.2, 0.25) is 11.8 Å². The van der Waals surface area contributed by atoms with Gasteiger partial charge in [-0.3, -0.25) is 0 Å². The standard InChI is InChI=1S/C5H6F6.2C4H6F4.C4H7F3.2C3H6F2/c1-3(2,4(6,7)8)5(9,10)11;1-3(5,6)4(2,7)8;1-3(2,5)4(6,7)8;1-3(2)4(5,6)7;2*1-3(2,4)5/h1-2H3;2*1-2H3;3H,1-2H3;2*1-2H3. The van der Waals surface area contributed by atoms with Crippen molar-refractivity contribution in [3.8, 4) is 0 Å². The molecule has 0 aromatic carbocycles. The Morgan fingerprint density at radius 2 is 0.432 bits per heavy atom. The third-order valence-electron chi connectivity index (χ3n) is 3.52. The van der Waals surface area contributed by atoms with Crippen LogP contribution >= 0.6 is 0 Å². The average Bonchev–Trinajstić information content (AvgIpc) is 2.53. The second-order valence-electron chi connectivity index (χ2n) is 10.7. The summed E-state index contributed by atoms with van der Waals surface area (Å²) in [4.78, 5) is 0. The summed E-state index contributed by atoms with van der Waals surface area (Å²) in [6.45, 7) is 7.21. The molecule has 0 amide bonds. The monoisotopic (exact) mass is 712 g/mol. The molecule has 0 radical (unpaired) electrons. The fourth-order valence-electron chi connectivity index (χ4n) is 0.161. The molecule has 0 spiro atoms. The Balaban J connectivity index is -0.000000101. The first kappa shape index (κ1) is 55.0. The summed E-state index contributed by atoms with van der Waals surface area (Å²) in [5, 5.41) is 0. The van der Waals surface area contributed by atoms with E-state index in [0.717, 1.165) is 41.5 Å². The van der Waals surface area contributed by atoms with Gasteiger partial charge in [-0.1, -0.05) is 13.8 Å². The molecule has 0 aromatic rings. The summed E-state index contributed by atoms with van der Waals surface area (Å²) in [5.41, 5.74) is -6.69. The number of hydrogen-bond acceptors (Lipinski definition) is 0. The van der Waals surface area contributed by atoms with E-state index in [9.17, 15) is 92.2 Å². The zero-order chi connectivity index (χ0) is 38.6. The van der Waals surface area contributed by atoms with E-state index in [1.54, 1.807) is 0 Å². The Bertz CT molecular complexity index is 617. The fourth-order valence-corrected chi connectivity index (χ4v) is 0.161. The van der Waals surface area contributed by atoms with Crippen LogP contribution in [0.1, 0.15) is 83.1 Å². The highest BCUT2D eigenvalue weighted by Crippen LogP contribution is 2.49. The maximum absolute atomic E-state index is 11.8. The third kappa shape index (κ3) is 38.6. The van der Waals surface area contributed by atoms with Crippen molar-refractivity contribution in [2.45, 2.75) is 137 Å². The molecular formula is C23H37F21. The molecule has 0 aromatic heterocycles. The second-order valence-corrected chi connectivity index (χ2v) is 10.7. The van der Waals surface area contributed by atoms with Crippen LogP contribution in [0.4, 0.5) is 92.2 Å². The average molecular weight is 713 g/mol. The largest absolute Gasteiger partial charge is 0.421 e. The van der Waals surface area contributed by atoms with Gasteiger partial charge in [0.1, 0.15) is 0 Å². The van der Waals surface area contributed by atoms with E-state index in [2.05, 4.69) is 0 Å². The van der Waals surface area contributed by atoms with Crippen molar-refractivity contribution in [3.63, 3.8) is 0 Å². The van der Waals surface area contributed by atoms with Gasteiger partial charge in [0.05, 0.1) is 0 Å². The van der Waals surface area contributed by atoms with Crippen LogP contribution in [0.3, 0.4) is 0 Å². The number of alkyl halides is 21. The van der Waals surface area contributed by atoms with Crippen LogP contribution in [0.5, 0.6) is 0 Å². The van der Waals surface area contributed by atoms with E-state index >= 15 is 0 Å². The molecular weight excluding hydrogens is 675 g/mol. The normalized spacial score (nSPS) is 13.8. The molecule has 0 N–H and O–H groups in total. The number of rotatable bonds is 1. The molecule has 0 aliphatic heterocycles. The van der Waals surface area contributed by atoms with Crippen molar-refractivity contribution in [1.29, 1.82) is 0 Å². The molecule has 0 aliphatic carbocycles. The predicted octanol–water partition coefficient (Wildman–Crippen LogP) is 13.3. The molecule has 44 heavy (non-hydrogen) atoms. The van der Waals surface area contributed by atoms with Crippen LogP contribution < -0.4 is 0 Å². The minimum Gasteiger partial charge on any atom is -0.234 e. The maximum Gasteiger partial charge on any atom is 0.421 e. The van der Waals surface area contributed by atoms with Gasteiger partial charge in [-0.15, -0.1) is 0 Å². The Labute approximate surface area is 241 Å². The van der Waals surface area contributed by atoms with E-state index in [4.69, 9.17) is 0 Å².